The van der Waals surface area contributed by atoms with Crippen LogP contribution in [0.25, 0.3) is 0 Å². The summed E-state index contributed by atoms with van der Waals surface area (Å²) in [6.07, 6.45) is 27.9. The van der Waals surface area contributed by atoms with E-state index in [1.165, 1.54) is 0 Å². The molecule has 0 spiro atoms. The maximum atomic E-state index is 2.42. The highest BCUT2D eigenvalue weighted by atomic mass is 14.5. The molecular weight excluding hydrogens is 216 g/mol. The average Bonchev–Trinajstić information content (AvgIpc) is 2.48. The largest absolute Gasteiger partial charge is 0.0802 e. The van der Waals surface area contributed by atoms with Gasteiger partial charge in [0.1, 0.15) is 0 Å². The van der Waals surface area contributed by atoms with E-state index in [2.05, 4.69) is 72.9 Å². The van der Waals surface area contributed by atoms with Crippen LogP contribution in [0.4, 0.5) is 0 Å². The molecular formula is C18H18. The highest BCUT2D eigenvalue weighted by Crippen LogP contribution is 2.52. The Kier molecular flexibility index (Phi) is 2.29. The molecule has 0 nitrogen and oxygen atoms in total. The van der Waals surface area contributed by atoms with Crippen LogP contribution in [-0.2, 0) is 0 Å². The van der Waals surface area contributed by atoms with Crippen molar-refractivity contribution in [3.8, 4) is 0 Å². The van der Waals surface area contributed by atoms with E-state index in [4.69, 9.17) is 0 Å². The SMILES string of the molecule is C1=CC2C3C=CC=CC3C3C=CC=CC3C2C=C1. The standard InChI is InChI=1S/C18H18/c1-2-8-14-13(7-1)15-9-3-4-11-17(15)18-12-6-5-10-16(14)18/h1-18H. The average molecular weight is 234 g/mol. The minimum atomic E-state index is 0.679. The highest BCUT2D eigenvalue weighted by Gasteiger charge is 2.46. The normalized spacial score (nSPS) is 46.7. The molecule has 1 fully saturated rings. The first-order valence-electron chi connectivity index (χ1n) is 7.00. The smallest absolute Gasteiger partial charge is 0.00925 e. The minimum absolute atomic E-state index is 0.679. The van der Waals surface area contributed by atoms with Crippen molar-refractivity contribution in [1.82, 2.24) is 0 Å². The zero-order chi connectivity index (χ0) is 11.9. The lowest BCUT2D eigenvalue weighted by molar-refractivity contribution is 0.120. The van der Waals surface area contributed by atoms with Gasteiger partial charge in [0.05, 0.1) is 0 Å². The Bertz CT molecular complexity index is 376. The van der Waals surface area contributed by atoms with E-state index in [9.17, 15) is 0 Å². The molecule has 0 heteroatoms. The van der Waals surface area contributed by atoms with E-state index in [1.807, 2.05) is 0 Å². The predicted molar refractivity (Wildman–Crippen MR) is 75.8 cm³/mol. The maximum Gasteiger partial charge on any atom is -0.00925 e. The second kappa shape index (κ2) is 3.98. The molecule has 0 aromatic rings. The van der Waals surface area contributed by atoms with E-state index in [0.29, 0.717) is 35.5 Å². The summed E-state index contributed by atoms with van der Waals surface area (Å²) >= 11 is 0. The fraction of sp³-hybridized carbons (Fsp3) is 0.333. The molecule has 0 unspecified atom stereocenters. The van der Waals surface area contributed by atoms with Gasteiger partial charge in [-0.15, -0.1) is 0 Å². The lowest BCUT2D eigenvalue weighted by atomic mass is 9.54. The van der Waals surface area contributed by atoms with Gasteiger partial charge in [0.25, 0.3) is 0 Å². The van der Waals surface area contributed by atoms with Crippen LogP contribution < -0.4 is 0 Å². The summed E-state index contributed by atoms with van der Waals surface area (Å²) in [4.78, 5) is 0. The van der Waals surface area contributed by atoms with E-state index in [0.717, 1.165) is 0 Å². The summed E-state index contributed by atoms with van der Waals surface area (Å²) in [7, 11) is 0. The predicted octanol–water partition coefficient (Wildman–Crippen LogP) is 4.08. The lowest BCUT2D eigenvalue weighted by Crippen LogP contribution is -2.44. The summed E-state index contributed by atoms with van der Waals surface area (Å²) in [5, 5.41) is 0. The molecule has 0 heterocycles. The first-order valence-corrected chi connectivity index (χ1v) is 7.00. The van der Waals surface area contributed by atoms with Crippen molar-refractivity contribution in [2.24, 2.45) is 35.5 Å². The highest BCUT2D eigenvalue weighted by molar-refractivity contribution is 5.31. The van der Waals surface area contributed by atoms with Gasteiger partial charge in [0.15, 0.2) is 0 Å². The Morgan fingerprint density at radius 2 is 0.444 bits per heavy atom. The van der Waals surface area contributed by atoms with Gasteiger partial charge in [0, 0.05) is 0 Å². The zero-order valence-electron chi connectivity index (χ0n) is 10.4. The van der Waals surface area contributed by atoms with E-state index >= 15 is 0 Å². The van der Waals surface area contributed by atoms with Gasteiger partial charge >= 0.3 is 0 Å². The van der Waals surface area contributed by atoms with E-state index in [1.54, 1.807) is 0 Å². The zero-order valence-corrected chi connectivity index (χ0v) is 10.4. The second-order valence-corrected chi connectivity index (χ2v) is 5.77. The van der Waals surface area contributed by atoms with Gasteiger partial charge in [-0.25, -0.2) is 0 Å². The number of fused-ring (bicyclic) bond motifs is 6. The molecule has 4 aliphatic carbocycles. The third-order valence-electron chi connectivity index (χ3n) is 5.00. The second-order valence-electron chi connectivity index (χ2n) is 5.77. The third kappa shape index (κ3) is 1.38. The maximum absolute atomic E-state index is 2.42. The van der Waals surface area contributed by atoms with Crippen molar-refractivity contribution in [3.63, 3.8) is 0 Å². The van der Waals surface area contributed by atoms with Crippen molar-refractivity contribution in [3.05, 3.63) is 72.9 Å². The lowest BCUT2D eigenvalue weighted by Gasteiger charge is -2.49. The van der Waals surface area contributed by atoms with Gasteiger partial charge < -0.3 is 0 Å². The molecule has 0 aliphatic heterocycles. The van der Waals surface area contributed by atoms with Gasteiger partial charge in [0.2, 0.25) is 0 Å². The molecule has 18 heavy (non-hydrogen) atoms. The summed E-state index contributed by atoms with van der Waals surface area (Å²) in [5.41, 5.74) is 0. The van der Waals surface area contributed by atoms with Crippen LogP contribution in [-0.4, -0.2) is 0 Å². The molecule has 1 saturated carbocycles. The molecule has 4 rings (SSSR count). The Morgan fingerprint density at radius 1 is 0.278 bits per heavy atom. The number of hydrogen-bond acceptors (Lipinski definition) is 0. The van der Waals surface area contributed by atoms with Gasteiger partial charge in [-0.3, -0.25) is 0 Å². The molecule has 0 bridgehead atoms. The minimum Gasteiger partial charge on any atom is -0.0802 e. The van der Waals surface area contributed by atoms with Crippen LogP contribution >= 0.6 is 0 Å². The molecule has 90 valence electrons. The topological polar surface area (TPSA) is 0 Å². The van der Waals surface area contributed by atoms with Gasteiger partial charge in [-0.2, -0.15) is 0 Å². The molecule has 0 atom stereocenters. The first-order chi connectivity index (χ1) is 8.95. The first kappa shape index (κ1) is 10.4. The molecule has 0 aromatic heterocycles. The molecule has 0 amide bonds. The molecule has 0 saturated heterocycles. The fourth-order valence-corrected chi connectivity index (χ4v) is 4.23. The number of rotatable bonds is 0. The quantitative estimate of drug-likeness (QED) is 0.592. The Hall–Kier alpha value is -1.56. The molecule has 0 radical (unpaired) electrons. The van der Waals surface area contributed by atoms with E-state index < -0.39 is 0 Å². The fourth-order valence-electron chi connectivity index (χ4n) is 4.23. The Morgan fingerprint density at radius 3 is 0.611 bits per heavy atom. The third-order valence-corrected chi connectivity index (χ3v) is 5.00. The van der Waals surface area contributed by atoms with Crippen LogP contribution in [0.1, 0.15) is 0 Å². The van der Waals surface area contributed by atoms with Crippen molar-refractivity contribution in [2.75, 3.05) is 0 Å². The van der Waals surface area contributed by atoms with Crippen molar-refractivity contribution in [2.45, 2.75) is 0 Å². The van der Waals surface area contributed by atoms with Crippen molar-refractivity contribution >= 4 is 0 Å². The van der Waals surface area contributed by atoms with Gasteiger partial charge in [-0.1, -0.05) is 72.9 Å². The number of allylic oxidation sites excluding steroid dienone is 12. The summed E-state index contributed by atoms with van der Waals surface area (Å²) in [6.45, 7) is 0. The summed E-state index contributed by atoms with van der Waals surface area (Å²) < 4.78 is 0. The van der Waals surface area contributed by atoms with Crippen molar-refractivity contribution < 1.29 is 0 Å². The Balaban J connectivity index is 1.80. The molecule has 0 aromatic carbocycles. The summed E-state index contributed by atoms with van der Waals surface area (Å²) in [6, 6.07) is 0. The van der Waals surface area contributed by atoms with Crippen LogP contribution in [0.5, 0.6) is 0 Å². The monoisotopic (exact) mass is 234 g/mol. The van der Waals surface area contributed by atoms with Gasteiger partial charge in [-0.05, 0) is 35.5 Å². The van der Waals surface area contributed by atoms with Crippen LogP contribution in [0.2, 0.25) is 0 Å². The molecule has 0 N–H and O–H groups in total. The van der Waals surface area contributed by atoms with Crippen LogP contribution in [0.3, 0.4) is 0 Å². The number of hydrogen-bond donors (Lipinski definition) is 0. The molecule has 4 aliphatic rings. The van der Waals surface area contributed by atoms with E-state index in [-0.39, 0.29) is 0 Å². The van der Waals surface area contributed by atoms with Crippen LogP contribution in [0, 0.1) is 35.5 Å². The van der Waals surface area contributed by atoms with Crippen molar-refractivity contribution in [1.29, 1.82) is 0 Å². The summed E-state index contributed by atoms with van der Waals surface area (Å²) in [5.74, 6) is 4.08. The van der Waals surface area contributed by atoms with Crippen LogP contribution in [0.15, 0.2) is 72.9 Å². The Labute approximate surface area is 109 Å².